The van der Waals surface area contributed by atoms with Gasteiger partial charge in [0.15, 0.2) is 0 Å². The van der Waals surface area contributed by atoms with Crippen molar-refractivity contribution in [1.29, 1.82) is 0 Å². The Kier molecular flexibility index (Phi) is 4.11. The molecule has 0 spiro atoms. The molecular weight excluding hydrogens is 316 g/mol. The van der Waals surface area contributed by atoms with Crippen LogP contribution in [0.3, 0.4) is 0 Å². The fraction of sp³-hybridized carbons (Fsp3) is 0.500. The van der Waals surface area contributed by atoms with Crippen LogP contribution in [0.25, 0.3) is 0 Å². The van der Waals surface area contributed by atoms with Gasteiger partial charge >= 0.3 is 0 Å². The smallest absolute Gasteiger partial charge is 0.243 e. The lowest BCUT2D eigenvalue weighted by Crippen LogP contribution is -2.55. The van der Waals surface area contributed by atoms with Crippen molar-refractivity contribution >= 4 is 26.0 Å². The summed E-state index contributed by atoms with van der Waals surface area (Å²) in [6.07, 6.45) is 0. The maximum Gasteiger partial charge on any atom is 0.243 e. The summed E-state index contributed by atoms with van der Waals surface area (Å²) in [5, 5.41) is 3.33. The predicted molar refractivity (Wildman–Crippen MR) is 75.0 cm³/mol. The van der Waals surface area contributed by atoms with Crippen molar-refractivity contribution in [3.05, 3.63) is 28.7 Å². The zero-order valence-electron chi connectivity index (χ0n) is 10.4. The van der Waals surface area contributed by atoms with E-state index in [1.165, 1.54) is 0 Å². The minimum Gasteiger partial charge on any atom is -0.309 e. The van der Waals surface area contributed by atoms with Crippen molar-refractivity contribution in [2.45, 2.75) is 30.8 Å². The first-order valence-corrected chi connectivity index (χ1v) is 8.14. The van der Waals surface area contributed by atoms with E-state index in [1.54, 1.807) is 28.6 Å². The first kappa shape index (κ1) is 14.0. The third-order valence-corrected chi connectivity index (χ3v) is 5.35. The molecule has 1 aromatic rings. The number of benzene rings is 1. The molecule has 1 N–H and O–H groups in total. The SMILES string of the molecule is CC1CN(S(=O)(=O)c2ccc(Br)cc2)CC(C)N1. The van der Waals surface area contributed by atoms with Gasteiger partial charge in [0.1, 0.15) is 0 Å². The molecule has 2 unspecified atom stereocenters. The molecule has 0 bridgehead atoms. The Labute approximate surface area is 117 Å². The fourth-order valence-electron chi connectivity index (χ4n) is 2.23. The molecule has 1 aliphatic heterocycles. The number of halogens is 1. The normalized spacial score (nSPS) is 26.2. The van der Waals surface area contributed by atoms with Gasteiger partial charge in [-0.2, -0.15) is 4.31 Å². The molecular formula is C12H17BrN2O2S. The third-order valence-electron chi connectivity index (χ3n) is 2.98. The van der Waals surface area contributed by atoms with Crippen molar-refractivity contribution in [2.24, 2.45) is 0 Å². The Morgan fingerprint density at radius 3 is 2.17 bits per heavy atom. The summed E-state index contributed by atoms with van der Waals surface area (Å²) in [4.78, 5) is 0.354. The minimum atomic E-state index is -3.37. The van der Waals surface area contributed by atoms with E-state index in [9.17, 15) is 8.42 Å². The molecule has 4 nitrogen and oxygen atoms in total. The molecule has 0 aromatic heterocycles. The monoisotopic (exact) mass is 332 g/mol. The zero-order valence-corrected chi connectivity index (χ0v) is 12.8. The lowest BCUT2D eigenvalue weighted by Gasteiger charge is -2.35. The van der Waals surface area contributed by atoms with E-state index in [2.05, 4.69) is 21.2 Å². The molecule has 1 aromatic carbocycles. The van der Waals surface area contributed by atoms with E-state index in [4.69, 9.17) is 0 Å². The van der Waals surface area contributed by atoms with Gasteiger partial charge in [0.25, 0.3) is 0 Å². The summed E-state index contributed by atoms with van der Waals surface area (Å²) in [5.74, 6) is 0. The van der Waals surface area contributed by atoms with Crippen LogP contribution in [0.4, 0.5) is 0 Å². The molecule has 0 aliphatic carbocycles. The van der Waals surface area contributed by atoms with Crippen LogP contribution in [-0.4, -0.2) is 37.9 Å². The van der Waals surface area contributed by atoms with Crippen molar-refractivity contribution < 1.29 is 8.42 Å². The molecule has 18 heavy (non-hydrogen) atoms. The minimum absolute atomic E-state index is 0.180. The average Bonchev–Trinajstić information content (AvgIpc) is 2.28. The second kappa shape index (κ2) is 5.28. The Morgan fingerprint density at radius 1 is 1.17 bits per heavy atom. The molecule has 2 atom stereocenters. The van der Waals surface area contributed by atoms with Crippen molar-refractivity contribution in [3.63, 3.8) is 0 Å². The lowest BCUT2D eigenvalue weighted by molar-refractivity contribution is 0.263. The standard InChI is InChI=1S/C12H17BrN2O2S/c1-9-7-15(8-10(2)14-9)18(16,17)12-5-3-11(13)4-6-12/h3-6,9-10,14H,7-8H2,1-2H3. The highest BCUT2D eigenvalue weighted by atomic mass is 79.9. The molecule has 0 saturated carbocycles. The van der Waals surface area contributed by atoms with Gasteiger partial charge in [0, 0.05) is 29.6 Å². The van der Waals surface area contributed by atoms with E-state index >= 15 is 0 Å². The van der Waals surface area contributed by atoms with E-state index < -0.39 is 10.0 Å². The van der Waals surface area contributed by atoms with Gasteiger partial charge in [-0.25, -0.2) is 8.42 Å². The van der Waals surface area contributed by atoms with Crippen LogP contribution in [-0.2, 0) is 10.0 Å². The maximum atomic E-state index is 12.5. The van der Waals surface area contributed by atoms with Gasteiger partial charge in [0.2, 0.25) is 10.0 Å². The number of nitrogens with one attached hydrogen (secondary N) is 1. The largest absolute Gasteiger partial charge is 0.309 e. The van der Waals surface area contributed by atoms with Gasteiger partial charge < -0.3 is 5.32 Å². The van der Waals surface area contributed by atoms with Gasteiger partial charge in [-0.05, 0) is 38.1 Å². The molecule has 0 amide bonds. The topological polar surface area (TPSA) is 49.4 Å². The van der Waals surface area contributed by atoms with Gasteiger partial charge in [0.05, 0.1) is 4.90 Å². The average molecular weight is 333 g/mol. The predicted octanol–water partition coefficient (Wildman–Crippen LogP) is 1.82. The Bertz CT molecular complexity index is 505. The van der Waals surface area contributed by atoms with Crippen molar-refractivity contribution in [3.8, 4) is 0 Å². The first-order valence-electron chi connectivity index (χ1n) is 5.91. The lowest BCUT2D eigenvalue weighted by atomic mass is 10.2. The van der Waals surface area contributed by atoms with Crippen molar-refractivity contribution in [2.75, 3.05) is 13.1 Å². The molecule has 1 saturated heterocycles. The molecule has 1 fully saturated rings. The highest BCUT2D eigenvalue weighted by Crippen LogP contribution is 2.20. The van der Waals surface area contributed by atoms with E-state index in [0.29, 0.717) is 18.0 Å². The third kappa shape index (κ3) is 2.93. The van der Waals surface area contributed by atoms with E-state index in [1.807, 2.05) is 13.8 Å². The van der Waals surface area contributed by atoms with Crippen LogP contribution in [0.1, 0.15) is 13.8 Å². The molecule has 100 valence electrons. The summed E-state index contributed by atoms with van der Waals surface area (Å²) in [5.41, 5.74) is 0. The maximum absolute atomic E-state index is 12.5. The van der Waals surface area contributed by atoms with Gasteiger partial charge in [-0.15, -0.1) is 0 Å². The number of hydrogen-bond acceptors (Lipinski definition) is 3. The Balaban J connectivity index is 2.28. The van der Waals surface area contributed by atoms with Crippen LogP contribution in [0, 0.1) is 0 Å². The van der Waals surface area contributed by atoms with Crippen LogP contribution in [0.15, 0.2) is 33.6 Å². The number of nitrogens with zero attached hydrogens (tertiary/aromatic N) is 1. The van der Waals surface area contributed by atoms with Gasteiger partial charge in [-0.3, -0.25) is 0 Å². The van der Waals surface area contributed by atoms with Crippen LogP contribution >= 0.6 is 15.9 Å². The van der Waals surface area contributed by atoms with Crippen molar-refractivity contribution in [1.82, 2.24) is 9.62 Å². The van der Waals surface area contributed by atoms with Gasteiger partial charge in [-0.1, -0.05) is 15.9 Å². The van der Waals surface area contributed by atoms with Crippen LogP contribution in [0.2, 0.25) is 0 Å². The quantitative estimate of drug-likeness (QED) is 0.898. The molecule has 2 rings (SSSR count). The second-order valence-electron chi connectivity index (χ2n) is 4.74. The summed E-state index contributed by atoms with van der Waals surface area (Å²) in [7, 11) is -3.37. The Morgan fingerprint density at radius 2 is 1.67 bits per heavy atom. The second-order valence-corrected chi connectivity index (χ2v) is 7.60. The number of rotatable bonds is 2. The summed E-state index contributed by atoms with van der Waals surface area (Å²) in [6, 6.07) is 7.13. The van der Waals surface area contributed by atoms with E-state index in [-0.39, 0.29) is 12.1 Å². The molecule has 1 aliphatic rings. The summed E-state index contributed by atoms with van der Waals surface area (Å²) >= 11 is 3.31. The van der Waals surface area contributed by atoms with E-state index in [0.717, 1.165) is 4.47 Å². The molecule has 1 heterocycles. The highest BCUT2D eigenvalue weighted by Gasteiger charge is 2.31. The first-order chi connectivity index (χ1) is 8.39. The van der Waals surface area contributed by atoms with Crippen LogP contribution < -0.4 is 5.32 Å². The molecule has 6 heteroatoms. The number of sulfonamides is 1. The number of piperazine rings is 1. The van der Waals surface area contributed by atoms with Crippen LogP contribution in [0.5, 0.6) is 0 Å². The number of hydrogen-bond donors (Lipinski definition) is 1. The summed E-state index contributed by atoms with van der Waals surface area (Å²) in [6.45, 7) is 5.03. The fourth-order valence-corrected chi connectivity index (χ4v) is 4.11. The summed E-state index contributed by atoms with van der Waals surface area (Å²) < 4.78 is 27.4. The zero-order chi connectivity index (χ0) is 13.3. The highest BCUT2D eigenvalue weighted by molar-refractivity contribution is 9.10. The Hall–Kier alpha value is -0.430. The molecule has 0 radical (unpaired) electrons.